The molecule has 4 heteroatoms. The number of hydrogen-bond donors (Lipinski definition) is 1. The van der Waals surface area contributed by atoms with Crippen LogP contribution >= 0.6 is 0 Å². The molecule has 1 aliphatic heterocycles. The molecular weight excluding hydrogens is 222 g/mol. The molecule has 4 atom stereocenters. The third-order valence-electron chi connectivity index (χ3n) is 4.86. The van der Waals surface area contributed by atoms with Crippen molar-refractivity contribution in [3.63, 3.8) is 0 Å². The topological polar surface area (TPSA) is 46.2 Å². The highest BCUT2D eigenvalue weighted by molar-refractivity contribution is 7.89. The number of rotatable bonds is 0. The Labute approximate surface area is 98.0 Å². The van der Waals surface area contributed by atoms with Crippen LogP contribution < -0.4 is 4.72 Å². The van der Waals surface area contributed by atoms with Gasteiger partial charge in [0.15, 0.2) is 0 Å². The fraction of sp³-hybridized carbons (Fsp3) is 1.00. The summed E-state index contributed by atoms with van der Waals surface area (Å²) in [5.74, 6) is 2.47. The van der Waals surface area contributed by atoms with E-state index in [2.05, 4.69) is 4.72 Å². The Balaban J connectivity index is 1.76. The van der Waals surface area contributed by atoms with Gasteiger partial charge in [0.05, 0.1) is 5.75 Å². The van der Waals surface area contributed by atoms with Crippen molar-refractivity contribution in [2.75, 3.05) is 5.75 Å². The first-order valence-corrected chi connectivity index (χ1v) is 8.29. The lowest BCUT2D eigenvalue weighted by Crippen LogP contribution is -2.31. The zero-order chi connectivity index (χ0) is 11.2. The smallest absolute Gasteiger partial charge is 0.212 e. The van der Waals surface area contributed by atoms with Gasteiger partial charge in [0.25, 0.3) is 0 Å². The largest absolute Gasteiger partial charge is 0.212 e. The zero-order valence-corrected chi connectivity index (χ0v) is 10.5. The van der Waals surface area contributed by atoms with E-state index in [0.717, 1.165) is 24.7 Å². The third kappa shape index (κ3) is 2.02. The normalized spacial score (nSPS) is 46.8. The van der Waals surface area contributed by atoms with Crippen molar-refractivity contribution in [1.29, 1.82) is 0 Å². The van der Waals surface area contributed by atoms with Crippen LogP contribution in [0.3, 0.4) is 0 Å². The van der Waals surface area contributed by atoms with E-state index in [0.29, 0.717) is 11.7 Å². The van der Waals surface area contributed by atoms with Crippen LogP contribution in [0.25, 0.3) is 0 Å². The second-order valence-electron chi connectivity index (χ2n) is 5.88. The molecule has 16 heavy (non-hydrogen) atoms. The van der Waals surface area contributed by atoms with Crippen molar-refractivity contribution in [1.82, 2.24) is 4.72 Å². The van der Waals surface area contributed by atoms with E-state index >= 15 is 0 Å². The maximum absolute atomic E-state index is 11.6. The Kier molecular flexibility index (Phi) is 2.75. The highest BCUT2D eigenvalue weighted by Crippen LogP contribution is 2.42. The highest BCUT2D eigenvalue weighted by atomic mass is 32.2. The molecule has 0 radical (unpaired) electrons. The summed E-state index contributed by atoms with van der Waals surface area (Å²) in [6.45, 7) is 0. The third-order valence-corrected chi connectivity index (χ3v) is 6.39. The zero-order valence-electron chi connectivity index (χ0n) is 9.69. The van der Waals surface area contributed by atoms with Gasteiger partial charge in [-0.1, -0.05) is 25.7 Å². The molecule has 3 rings (SSSR count). The molecule has 3 aliphatic rings. The molecule has 1 heterocycles. The second-order valence-corrected chi connectivity index (χ2v) is 7.68. The van der Waals surface area contributed by atoms with Gasteiger partial charge in [0.2, 0.25) is 10.0 Å². The van der Waals surface area contributed by atoms with E-state index in [1.807, 2.05) is 0 Å². The summed E-state index contributed by atoms with van der Waals surface area (Å²) in [6.07, 6.45) is 8.95. The van der Waals surface area contributed by atoms with Gasteiger partial charge in [0, 0.05) is 6.04 Å². The van der Waals surface area contributed by atoms with Gasteiger partial charge in [-0.3, -0.25) is 0 Å². The summed E-state index contributed by atoms with van der Waals surface area (Å²) in [5, 5.41) is 0. The molecule has 2 aliphatic carbocycles. The quantitative estimate of drug-likeness (QED) is 0.706. The van der Waals surface area contributed by atoms with E-state index in [1.165, 1.54) is 32.1 Å². The molecule has 0 spiro atoms. The molecule has 0 aromatic rings. The Hall–Kier alpha value is -0.0900. The summed E-state index contributed by atoms with van der Waals surface area (Å²) in [6, 6.07) is 0.262. The van der Waals surface area contributed by atoms with E-state index in [1.54, 1.807) is 0 Å². The van der Waals surface area contributed by atoms with Crippen LogP contribution in [0, 0.1) is 17.8 Å². The predicted molar refractivity (Wildman–Crippen MR) is 63.5 cm³/mol. The van der Waals surface area contributed by atoms with E-state index < -0.39 is 10.0 Å². The number of fused-ring (bicyclic) bond motifs is 2. The summed E-state index contributed by atoms with van der Waals surface area (Å²) in [4.78, 5) is 0. The van der Waals surface area contributed by atoms with Gasteiger partial charge in [-0.25, -0.2) is 13.1 Å². The van der Waals surface area contributed by atoms with Gasteiger partial charge in [-0.2, -0.15) is 0 Å². The molecule has 3 fully saturated rings. The lowest BCUT2D eigenvalue weighted by molar-refractivity contribution is 0.218. The van der Waals surface area contributed by atoms with Crippen LogP contribution in [0.2, 0.25) is 0 Å². The van der Waals surface area contributed by atoms with Crippen molar-refractivity contribution >= 4 is 10.0 Å². The van der Waals surface area contributed by atoms with Crippen LogP contribution in [0.15, 0.2) is 0 Å². The molecule has 0 amide bonds. The van der Waals surface area contributed by atoms with Crippen LogP contribution in [-0.2, 0) is 10.0 Å². The second kappa shape index (κ2) is 3.98. The SMILES string of the molecule is O=S1(=O)CC2CCC3CCCCC3CC2N1. The minimum absolute atomic E-state index is 0.262. The van der Waals surface area contributed by atoms with E-state index in [9.17, 15) is 8.42 Å². The molecule has 0 bridgehead atoms. The number of sulfonamides is 1. The summed E-state index contributed by atoms with van der Waals surface area (Å²) in [5.41, 5.74) is 0. The Morgan fingerprint density at radius 2 is 1.56 bits per heavy atom. The van der Waals surface area contributed by atoms with Gasteiger partial charge in [0.1, 0.15) is 0 Å². The first kappa shape index (κ1) is 11.0. The maximum atomic E-state index is 11.6. The average Bonchev–Trinajstić information content (AvgIpc) is 2.41. The highest BCUT2D eigenvalue weighted by Gasteiger charge is 2.42. The monoisotopic (exact) mass is 243 g/mol. The van der Waals surface area contributed by atoms with Crippen LogP contribution in [0.4, 0.5) is 0 Å². The molecule has 0 aromatic carbocycles. The Morgan fingerprint density at radius 3 is 2.38 bits per heavy atom. The molecule has 4 unspecified atom stereocenters. The van der Waals surface area contributed by atoms with Gasteiger partial charge in [-0.05, 0) is 37.0 Å². The van der Waals surface area contributed by atoms with Crippen molar-refractivity contribution < 1.29 is 8.42 Å². The predicted octanol–water partition coefficient (Wildman–Crippen LogP) is 1.89. The summed E-state index contributed by atoms with van der Waals surface area (Å²) >= 11 is 0. The van der Waals surface area contributed by atoms with Crippen molar-refractivity contribution in [2.24, 2.45) is 17.8 Å². The molecule has 2 saturated carbocycles. The molecule has 1 N–H and O–H groups in total. The maximum Gasteiger partial charge on any atom is 0.212 e. The Bertz CT molecular complexity index is 365. The molecule has 92 valence electrons. The van der Waals surface area contributed by atoms with Gasteiger partial charge < -0.3 is 0 Å². The van der Waals surface area contributed by atoms with Crippen molar-refractivity contribution in [3.05, 3.63) is 0 Å². The summed E-state index contributed by atoms with van der Waals surface area (Å²) in [7, 11) is -2.93. The van der Waals surface area contributed by atoms with E-state index in [-0.39, 0.29) is 6.04 Å². The molecule has 3 nitrogen and oxygen atoms in total. The standard InChI is InChI=1S/C12H21NO2S/c14-16(15)8-11-6-5-9-3-1-2-4-10(9)7-12(11)13-16/h9-13H,1-8H2. The minimum atomic E-state index is -2.93. The van der Waals surface area contributed by atoms with Gasteiger partial charge in [-0.15, -0.1) is 0 Å². The van der Waals surface area contributed by atoms with Crippen LogP contribution in [-0.4, -0.2) is 20.2 Å². The lowest BCUT2D eigenvalue weighted by Gasteiger charge is -2.30. The van der Waals surface area contributed by atoms with Crippen LogP contribution in [0.1, 0.15) is 44.9 Å². The molecule has 1 saturated heterocycles. The van der Waals surface area contributed by atoms with Crippen molar-refractivity contribution in [3.8, 4) is 0 Å². The fourth-order valence-corrected chi connectivity index (χ4v) is 5.84. The first-order chi connectivity index (χ1) is 7.64. The average molecular weight is 243 g/mol. The van der Waals surface area contributed by atoms with Crippen LogP contribution in [0.5, 0.6) is 0 Å². The van der Waals surface area contributed by atoms with E-state index in [4.69, 9.17) is 0 Å². The molecular formula is C12H21NO2S. The summed E-state index contributed by atoms with van der Waals surface area (Å²) < 4.78 is 26.0. The van der Waals surface area contributed by atoms with Crippen molar-refractivity contribution in [2.45, 2.75) is 51.0 Å². The number of hydrogen-bond acceptors (Lipinski definition) is 2. The molecule has 0 aromatic heterocycles. The fourth-order valence-electron chi connectivity index (χ4n) is 4.03. The lowest BCUT2D eigenvalue weighted by atomic mass is 9.76. The minimum Gasteiger partial charge on any atom is -0.212 e. The number of nitrogens with one attached hydrogen (secondary N) is 1. The van der Waals surface area contributed by atoms with Gasteiger partial charge >= 0.3 is 0 Å². The Morgan fingerprint density at radius 1 is 0.875 bits per heavy atom. The first-order valence-electron chi connectivity index (χ1n) is 6.64.